The van der Waals surface area contributed by atoms with Crippen LogP contribution in [0.4, 0.5) is 5.69 Å². The predicted octanol–water partition coefficient (Wildman–Crippen LogP) is 3.70. The van der Waals surface area contributed by atoms with Gasteiger partial charge in [-0.05, 0) is 49.9 Å². The quantitative estimate of drug-likeness (QED) is 0.522. The van der Waals surface area contributed by atoms with Gasteiger partial charge in [-0.25, -0.2) is 0 Å². The summed E-state index contributed by atoms with van der Waals surface area (Å²) in [6.07, 6.45) is 3.69. The molecule has 0 atom stereocenters. The van der Waals surface area contributed by atoms with Gasteiger partial charge in [0.05, 0.1) is 5.56 Å². The maximum Gasteiger partial charge on any atom is 0.296 e. The molecule has 4 rings (SSSR count). The standard InChI is InChI=1S/C24H25N3O3/c1-16-8-7-10-20(17(16)2)25-24(30)23(29)19-14-27(21-11-4-3-9-18(19)21)15-22(28)26-12-5-6-13-26/h3-4,7-11,14H,5-6,12-13,15H2,1-2H3,(H,25,30). The number of para-hydroxylation sites is 1. The van der Waals surface area contributed by atoms with Crippen molar-refractivity contribution in [1.82, 2.24) is 9.47 Å². The van der Waals surface area contributed by atoms with Crippen LogP contribution in [0.1, 0.15) is 34.3 Å². The summed E-state index contributed by atoms with van der Waals surface area (Å²) in [5, 5.41) is 3.41. The van der Waals surface area contributed by atoms with Crippen molar-refractivity contribution in [3.8, 4) is 0 Å². The van der Waals surface area contributed by atoms with E-state index < -0.39 is 11.7 Å². The number of fused-ring (bicyclic) bond motifs is 1. The number of likely N-dealkylation sites (tertiary alicyclic amines) is 1. The minimum Gasteiger partial charge on any atom is -0.341 e. The molecule has 1 saturated heterocycles. The Labute approximate surface area is 175 Å². The number of nitrogens with one attached hydrogen (secondary N) is 1. The van der Waals surface area contributed by atoms with Crippen molar-refractivity contribution in [3.63, 3.8) is 0 Å². The van der Waals surface area contributed by atoms with Crippen molar-refractivity contribution in [3.05, 3.63) is 65.4 Å². The second kappa shape index (κ2) is 8.14. The number of ketones is 1. The number of Topliss-reactive ketones (excluding diaryl/α,β-unsaturated/α-hetero) is 1. The summed E-state index contributed by atoms with van der Waals surface area (Å²) < 4.78 is 1.77. The van der Waals surface area contributed by atoms with E-state index in [0.29, 0.717) is 16.6 Å². The van der Waals surface area contributed by atoms with E-state index in [1.165, 1.54) is 0 Å². The highest BCUT2D eigenvalue weighted by molar-refractivity contribution is 6.48. The first-order valence-corrected chi connectivity index (χ1v) is 10.2. The van der Waals surface area contributed by atoms with Crippen LogP contribution in [-0.4, -0.2) is 40.2 Å². The molecule has 1 aromatic heterocycles. The van der Waals surface area contributed by atoms with Gasteiger partial charge < -0.3 is 14.8 Å². The van der Waals surface area contributed by atoms with Gasteiger partial charge in [0.2, 0.25) is 5.91 Å². The molecule has 0 unspecified atom stereocenters. The third kappa shape index (κ3) is 3.73. The Balaban J connectivity index is 1.61. The van der Waals surface area contributed by atoms with E-state index in [9.17, 15) is 14.4 Å². The molecule has 0 aliphatic carbocycles. The predicted molar refractivity (Wildman–Crippen MR) is 117 cm³/mol. The summed E-state index contributed by atoms with van der Waals surface area (Å²) in [6.45, 7) is 5.58. The third-order valence-corrected chi connectivity index (χ3v) is 5.86. The zero-order valence-electron chi connectivity index (χ0n) is 17.3. The van der Waals surface area contributed by atoms with Gasteiger partial charge in [-0.15, -0.1) is 0 Å². The number of rotatable bonds is 5. The molecule has 30 heavy (non-hydrogen) atoms. The summed E-state index contributed by atoms with van der Waals surface area (Å²) in [7, 11) is 0. The van der Waals surface area contributed by atoms with Crippen LogP contribution in [0.2, 0.25) is 0 Å². The highest BCUT2D eigenvalue weighted by atomic mass is 16.2. The third-order valence-electron chi connectivity index (χ3n) is 5.86. The zero-order chi connectivity index (χ0) is 21.3. The maximum atomic E-state index is 13.0. The summed E-state index contributed by atoms with van der Waals surface area (Å²) >= 11 is 0. The Morgan fingerprint density at radius 1 is 0.967 bits per heavy atom. The molecule has 0 radical (unpaired) electrons. The molecular formula is C24H25N3O3. The average molecular weight is 403 g/mol. The Morgan fingerprint density at radius 3 is 2.47 bits per heavy atom. The molecule has 0 saturated carbocycles. The molecule has 0 spiro atoms. The number of benzene rings is 2. The van der Waals surface area contributed by atoms with E-state index in [-0.39, 0.29) is 12.5 Å². The summed E-state index contributed by atoms with van der Waals surface area (Å²) in [4.78, 5) is 40.2. The normalized spacial score (nSPS) is 13.6. The first kappa shape index (κ1) is 19.9. The topological polar surface area (TPSA) is 71.4 Å². The van der Waals surface area contributed by atoms with Crippen molar-refractivity contribution in [2.24, 2.45) is 0 Å². The molecule has 1 fully saturated rings. The van der Waals surface area contributed by atoms with Crippen molar-refractivity contribution in [1.29, 1.82) is 0 Å². The number of hydrogen-bond acceptors (Lipinski definition) is 3. The number of carbonyl (C=O) groups excluding carboxylic acids is 3. The molecule has 6 heteroatoms. The van der Waals surface area contributed by atoms with Crippen LogP contribution >= 0.6 is 0 Å². The van der Waals surface area contributed by atoms with Gasteiger partial charge in [0, 0.05) is 35.9 Å². The number of aromatic nitrogens is 1. The molecule has 0 bridgehead atoms. The molecule has 1 aliphatic heterocycles. The van der Waals surface area contributed by atoms with Crippen molar-refractivity contribution >= 4 is 34.2 Å². The van der Waals surface area contributed by atoms with Crippen LogP contribution < -0.4 is 5.32 Å². The molecule has 154 valence electrons. The Morgan fingerprint density at radius 2 is 1.70 bits per heavy atom. The lowest BCUT2D eigenvalue weighted by molar-refractivity contribution is -0.130. The van der Waals surface area contributed by atoms with E-state index in [1.807, 2.05) is 55.1 Å². The van der Waals surface area contributed by atoms with E-state index >= 15 is 0 Å². The van der Waals surface area contributed by atoms with Gasteiger partial charge in [-0.2, -0.15) is 0 Å². The SMILES string of the molecule is Cc1cccc(NC(=O)C(=O)c2cn(CC(=O)N3CCCC3)c3ccccc23)c1C. The number of nitrogens with zero attached hydrogens (tertiary/aromatic N) is 2. The lowest BCUT2D eigenvalue weighted by Crippen LogP contribution is -2.30. The highest BCUT2D eigenvalue weighted by Crippen LogP contribution is 2.24. The van der Waals surface area contributed by atoms with E-state index in [0.717, 1.165) is 42.6 Å². The lowest BCUT2D eigenvalue weighted by atomic mass is 10.1. The number of carbonyl (C=O) groups is 3. The monoisotopic (exact) mass is 403 g/mol. The van der Waals surface area contributed by atoms with E-state index in [1.54, 1.807) is 16.8 Å². The second-order valence-corrected chi connectivity index (χ2v) is 7.81. The minimum atomic E-state index is -0.683. The van der Waals surface area contributed by atoms with Crippen LogP contribution in [0.5, 0.6) is 0 Å². The molecule has 3 aromatic rings. The molecule has 2 aromatic carbocycles. The molecule has 2 heterocycles. The number of anilines is 1. The van der Waals surface area contributed by atoms with Crippen LogP contribution in [-0.2, 0) is 16.1 Å². The Bertz CT molecular complexity index is 1140. The average Bonchev–Trinajstić information content (AvgIpc) is 3.40. The van der Waals surface area contributed by atoms with Crippen LogP contribution in [0.15, 0.2) is 48.7 Å². The van der Waals surface area contributed by atoms with E-state index in [2.05, 4.69) is 5.32 Å². The van der Waals surface area contributed by atoms with Gasteiger partial charge >= 0.3 is 0 Å². The second-order valence-electron chi connectivity index (χ2n) is 7.81. The van der Waals surface area contributed by atoms with Gasteiger partial charge in [-0.1, -0.05) is 30.3 Å². The van der Waals surface area contributed by atoms with Crippen molar-refractivity contribution < 1.29 is 14.4 Å². The molecule has 6 nitrogen and oxygen atoms in total. The fraction of sp³-hybridized carbons (Fsp3) is 0.292. The Kier molecular flexibility index (Phi) is 5.40. The molecule has 1 aliphatic rings. The van der Waals surface area contributed by atoms with Crippen LogP contribution in [0.3, 0.4) is 0 Å². The highest BCUT2D eigenvalue weighted by Gasteiger charge is 2.24. The fourth-order valence-corrected chi connectivity index (χ4v) is 3.96. The minimum absolute atomic E-state index is 0.0343. The van der Waals surface area contributed by atoms with Crippen LogP contribution in [0, 0.1) is 13.8 Å². The summed E-state index contributed by atoms with van der Waals surface area (Å²) in [6, 6.07) is 13.0. The summed E-state index contributed by atoms with van der Waals surface area (Å²) in [5.41, 5.74) is 3.67. The smallest absolute Gasteiger partial charge is 0.296 e. The molecule has 2 amide bonds. The van der Waals surface area contributed by atoms with Gasteiger partial charge in [0.25, 0.3) is 11.7 Å². The maximum absolute atomic E-state index is 13.0. The Hall–Kier alpha value is -3.41. The molecule has 1 N–H and O–H groups in total. The number of amides is 2. The number of aryl methyl sites for hydroxylation is 1. The fourth-order valence-electron chi connectivity index (χ4n) is 3.96. The van der Waals surface area contributed by atoms with E-state index in [4.69, 9.17) is 0 Å². The van der Waals surface area contributed by atoms with Gasteiger partial charge in [0.1, 0.15) is 6.54 Å². The number of hydrogen-bond donors (Lipinski definition) is 1. The first-order chi connectivity index (χ1) is 14.5. The van der Waals surface area contributed by atoms with Crippen molar-refractivity contribution in [2.45, 2.75) is 33.2 Å². The van der Waals surface area contributed by atoms with Gasteiger partial charge in [-0.3, -0.25) is 14.4 Å². The van der Waals surface area contributed by atoms with Crippen molar-refractivity contribution in [2.75, 3.05) is 18.4 Å². The van der Waals surface area contributed by atoms with Crippen LogP contribution in [0.25, 0.3) is 10.9 Å². The summed E-state index contributed by atoms with van der Waals surface area (Å²) in [5.74, 6) is -1.26. The molecular weight excluding hydrogens is 378 g/mol. The largest absolute Gasteiger partial charge is 0.341 e. The lowest BCUT2D eigenvalue weighted by Gasteiger charge is -2.15. The zero-order valence-corrected chi connectivity index (χ0v) is 17.3. The first-order valence-electron chi connectivity index (χ1n) is 10.2. The van der Waals surface area contributed by atoms with Gasteiger partial charge in [0.15, 0.2) is 0 Å².